The molecule has 0 saturated heterocycles. The number of carbonyl (C=O) groups is 3. The Hall–Kier alpha value is -3.83. The summed E-state index contributed by atoms with van der Waals surface area (Å²) in [5, 5.41) is 17.7. The molecule has 0 unspecified atom stereocenters. The molecule has 0 aliphatic rings. The molecule has 0 aromatic heterocycles. The molecule has 0 saturated carbocycles. The predicted octanol–water partition coefficient (Wildman–Crippen LogP) is 3.89. The topological polar surface area (TPSA) is 144 Å². The van der Waals surface area contributed by atoms with Crippen molar-refractivity contribution in [3.63, 3.8) is 0 Å². The summed E-state index contributed by atoms with van der Waals surface area (Å²) in [7, 11) is 0. The first-order valence-electron chi connectivity index (χ1n) is 13.2. The second-order valence-corrected chi connectivity index (χ2v) is 10.1. The molecule has 2 atom stereocenters. The zero-order valence-corrected chi connectivity index (χ0v) is 23.4. The number of aliphatic hydroxyl groups excluding tert-OH is 1. The highest BCUT2D eigenvalue weighted by Crippen LogP contribution is 2.08. The zero-order chi connectivity index (χ0) is 29.2. The molecular weight excluding hydrogens is 518 g/mol. The molecule has 220 valence electrons. The van der Waals surface area contributed by atoms with Crippen molar-refractivity contribution >= 4 is 18.3 Å². The van der Waals surface area contributed by atoms with Crippen molar-refractivity contribution in [2.75, 3.05) is 26.4 Å². The molecule has 0 aliphatic carbocycles. The molecule has 0 radical (unpaired) electrons. The van der Waals surface area contributed by atoms with Crippen LogP contribution in [0, 0.1) is 0 Å². The van der Waals surface area contributed by atoms with Crippen LogP contribution in [0.1, 0.15) is 44.7 Å². The maximum Gasteiger partial charge on any atom is 0.407 e. The van der Waals surface area contributed by atoms with E-state index in [2.05, 4.69) is 16.0 Å². The van der Waals surface area contributed by atoms with E-state index in [1.165, 1.54) is 0 Å². The maximum atomic E-state index is 12.3. The van der Waals surface area contributed by atoms with E-state index in [1.807, 2.05) is 60.7 Å². The van der Waals surface area contributed by atoms with Gasteiger partial charge in [0.05, 0.1) is 31.9 Å². The Bertz CT molecular complexity index is 1010. The van der Waals surface area contributed by atoms with Crippen LogP contribution >= 0.6 is 0 Å². The van der Waals surface area contributed by atoms with Gasteiger partial charge in [-0.05, 0) is 44.7 Å². The van der Waals surface area contributed by atoms with Gasteiger partial charge in [-0.1, -0.05) is 60.7 Å². The number of hydrogen-bond acceptors (Lipinski definition) is 8. The van der Waals surface area contributed by atoms with Crippen LogP contribution in [-0.4, -0.2) is 67.4 Å². The van der Waals surface area contributed by atoms with E-state index >= 15 is 0 Å². The summed E-state index contributed by atoms with van der Waals surface area (Å²) in [6, 6.07) is 17.4. The van der Waals surface area contributed by atoms with Crippen molar-refractivity contribution in [3.8, 4) is 0 Å². The van der Waals surface area contributed by atoms with Crippen LogP contribution in [0.2, 0.25) is 0 Å². The van der Waals surface area contributed by atoms with Crippen molar-refractivity contribution in [1.29, 1.82) is 0 Å². The minimum Gasteiger partial charge on any atom is -0.445 e. The molecule has 2 aromatic carbocycles. The Morgan fingerprint density at radius 2 is 1.30 bits per heavy atom. The molecule has 2 rings (SSSR count). The highest BCUT2D eigenvalue weighted by molar-refractivity contribution is 5.68. The predicted molar refractivity (Wildman–Crippen MR) is 148 cm³/mol. The average Bonchev–Trinajstić information content (AvgIpc) is 2.92. The van der Waals surface area contributed by atoms with Crippen molar-refractivity contribution in [2.24, 2.45) is 0 Å². The van der Waals surface area contributed by atoms with Crippen molar-refractivity contribution in [2.45, 2.75) is 64.5 Å². The van der Waals surface area contributed by atoms with Crippen molar-refractivity contribution < 1.29 is 38.4 Å². The molecule has 4 N–H and O–H groups in total. The number of aliphatic hydroxyl groups is 1. The third-order valence-electron chi connectivity index (χ3n) is 5.33. The Labute approximate surface area is 235 Å². The SMILES string of the molecule is CC(C)(C)OC(=O)N[C@@H](CCCNC(=O)OCc1ccccc1)COC[C@@H](CO)NC(=O)OCc1ccccc1. The standard InChI is InChI=1S/C29H41N3O8/c1-29(2,3)40-28(36)31-24(15-10-16-30-26(34)38-18-22-11-6-4-7-12-22)20-37-21-25(17-33)32-27(35)39-19-23-13-8-5-9-14-23/h4-9,11-14,24-25,33H,10,15-21H2,1-3H3,(H,30,34)(H,31,36)(H,32,35)/t24-,25+/m0/s1. The Morgan fingerprint density at radius 3 is 1.85 bits per heavy atom. The van der Waals surface area contributed by atoms with Gasteiger partial charge in [-0.25, -0.2) is 14.4 Å². The van der Waals surface area contributed by atoms with E-state index in [1.54, 1.807) is 20.8 Å². The van der Waals surface area contributed by atoms with Gasteiger partial charge in [-0.3, -0.25) is 0 Å². The lowest BCUT2D eigenvalue weighted by Crippen LogP contribution is -2.44. The van der Waals surface area contributed by atoms with Gasteiger partial charge in [0.15, 0.2) is 0 Å². The Balaban J connectivity index is 1.75. The largest absolute Gasteiger partial charge is 0.445 e. The van der Waals surface area contributed by atoms with Gasteiger partial charge in [0.1, 0.15) is 18.8 Å². The minimum absolute atomic E-state index is 0.00645. The first kappa shape index (κ1) is 32.4. The molecular formula is C29H41N3O8. The second-order valence-electron chi connectivity index (χ2n) is 10.1. The maximum absolute atomic E-state index is 12.3. The van der Waals surface area contributed by atoms with Crippen LogP contribution in [0.25, 0.3) is 0 Å². The lowest BCUT2D eigenvalue weighted by Gasteiger charge is -2.24. The van der Waals surface area contributed by atoms with Crippen molar-refractivity contribution in [1.82, 2.24) is 16.0 Å². The van der Waals surface area contributed by atoms with Gasteiger partial charge in [0, 0.05) is 6.54 Å². The highest BCUT2D eigenvalue weighted by atomic mass is 16.6. The van der Waals surface area contributed by atoms with Gasteiger partial charge in [-0.2, -0.15) is 0 Å². The number of nitrogens with one attached hydrogen (secondary N) is 3. The number of amides is 3. The average molecular weight is 560 g/mol. The normalized spacial score (nSPS) is 12.5. The Morgan fingerprint density at radius 1 is 0.775 bits per heavy atom. The zero-order valence-electron chi connectivity index (χ0n) is 23.4. The summed E-state index contributed by atoms with van der Waals surface area (Å²) in [4.78, 5) is 36.4. The molecule has 3 amide bonds. The Kier molecular flexibility index (Phi) is 14.3. The summed E-state index contributed by atoms with van der Waals surface area (Å²) in [5.41, 5.74) is 1.05. The molecule has 11 heteroatoms. The molecule has 0 fully saturated rings. The van der Waals surface area contributed by atoms with Gasteiger partial charge in [0.2, 0.25) is 0 Å². The van der Waals surface area contributed by atoms with E-state index < -0.39 is 36.0 Å². The van der Waals surface area contributed by atoms with E-state index in [-0.39, 0.29) is 33.0 Å². The lowest BCUT2D eigenvalue weighted by molar-refractivity contribution is 0.0389. The highest BCUT2D eigenvalue weighted by Gasteiger charge is 2.21. The van der Waals surface area contributed by atoms with E-state index in [9.17, 15) is 19.5 Å². The van der Waals surface area contributed by atoms with Crippen LogP contribution in [0.15, 0.2) is 60.7 Å². The second kappa shape index (κ2) is 17.7. The van der Waals surface area contributed by atoms with Gasteiger partial charge >= 0.3 is 18.3 Å². The number of hydrogen-bond donors (Lipinski definition) is 4. The summed E-state index contributed by atoms with van der Waals surface area (Å²) in [6.07, 6.45) is -0.822. The number of ether oxygens (including phenoxy) is 4. The number of benzene rings is 2. The van der Waals surface area contributed by atoms with Crippen LogP contribution in [0.3, 0.4) is 0 Å². The summed E-state index contributed by atoms with van der Waals surface area (Å²) < 4.78 is 21.4. The number of rotatable bonds is 15. The minimum atomic E-state index is -0.702. The van der Waals surface area contributed by atoms with Gasteiger partial charge in [-0.15, -0.1) is 0 Å². The van der Waals surface area contributed by atoms with E-state index in [4.69, 9.17) is 18.9 Å². The third-order valence-corrected chi connectivity index (χ3v) is 5.33. The monoisotopic (exact) mass is 559 g/mol. The fourth-order valence-electron chi connectivity index (χ4n) is 3.41. The molecule has 40 heavy (non-hydrogen) atoms. The van der Waals surface area contributed by atoms with E-state index in [0.29, 0.717) is 19.4 Å². The summed E-state index contributed by atoms with van der Waals surface area (Å²) >= 11 is 0. The molecule has 11 nitrogen and oxygen atoms in total. The van der Waals surface area contributed by atoms with Crippen LogP contribution in [0.5, 0.6) is 0 Å². The van der Waals surface area contributed by atoms with Gasteiger partial charge < -0.3 is 40.0 Å². The molecule has 0 spiro atoms. The summed E-state index contributed by atoms with van der Waals surface area (Å²) in [6.45, 7) is 5.60. The van der Waals surface area contributed by atoms with Gasteiger partial charge in [0.25, 0.3) is 0 Å². The van der Waals surface area contributed by atoms with Crippen molar-refractivity contribution in [3.05, 3.63) is 71.8 Å². The molecule has 0 bridgehead atoms. The first-order valence-corrected chi connectivity index (χ1v) is 13.2. The quantitative estimate of drug-likeness (QED) is 0.190. The van der Waals surface area contributed by atoms with E-state index in [0.717, 1.165) is 11.1 Å². The fourth-order valence-corrected chi connectivity index (χ4v) is 3.41. The van der Waals surface area contributed by atoms with Crippen LogP contribution in [0.4, 0.5) is 14.4 Å². The summed E-state index contributed by atoms with van der Waals surface area (Å²) in [5.74, 6) is 0. The number of carbonyl (C=O) groups excluding carboxylic acids is 3. The number of alkyl carbamates (subject to hydrolysis) is 3. The lowest BCUT2D eigenvalue weighted by atomic mass is 10.1. The van der Waals surface area contributed by atoms with Crippen LogP contribution in [-0.2, 0) is 32.2 Å². The molecule has 0 heterocycles. The third kappa shape index (κ3) is 14.9. The molecule has 2 aromatic rings. The smallest absolute Gasteiger partial charge is 0.407 e. The first-order chi connectivity index (χ1) is 19.1. The van der Waals surface area contributed by atoms with Crippen LogP contribution < -0.4 is 16.0 Å². The fraction of sp³-hybridized carbons (Fsp3) is 0.483. The molecule has 0 aliphatic heterocycles.